The van der Waals surface area contributed by atoms with Gasteiger partial charge in [-0.2, -0.15) is 0 Å². The number of hydrogen-bond acceptors (Lipinski definition) is 6. The van der Waals surface area contributed by atoms with Gasteiger partial charge in [-0.15, -0.1) is 0 Å². The average Bonchev–Trinajstić information content (AvgIpc) is 2.49. The molecule has 0 aliphatic carbocycles. The van der Waals surface area contributed by atoms with Crippen molar-refractivity contribution in [2.24, 2.45) is 0 Å². The Bertz CT molecular complexity index is 705. The summed E-state index contributed by atoms with van der Waals surface area (Å²) in [7, 11) is 0. The van der Waals surface area contributed by atoms with Crippen molar-refractivity contribution in [1.29, 1.82) is 0 Å². The van der Waals surface area contributed by atoms with E-state index < -0.39 is 5.97 Å². The van der Waals surface area contributed by atoms with Crippen LogP contribution in [0.15, 0.2) is 40.4 Å². The van der Waals surface area contributed by atoms with Gasteiger partial charge in [-0.25, -0.2) is 9.78 Å². The summed E-state index contributed by atoms with van der Waals surface area (Å²) in [6.45, 7) is 1.06. The Balaban J connectivity index is 1.86. The van der Waals surface area contributed by atoms with Crippen LogP contribution < -0.4 is 15.2 Å². The summed E-state index contributed by atoms with van der Waals surface area (Å²) < 4.78 is 11.0. The standard InChI is InChI=1S/C14H12N2O4S/c15-10-7-16-13(6-9(10)14(17)18)21-8-1-2-11-12(5-8)20-4-3-19-11/h1-2,5-7H,3-4,15H2,(H,17,18). The van der Waals surface area contributed by atoms with Crippen molar-refractivity contribution in [3.05, 3.63) is 36.0 Å². The fourth-order valence-corrected chi connectivity index (χ4v) is 2.72. The zero-order valence-electron chi connectivity index (χ0n) is 10.9. The molecular formula is C14H12N2O4S. The number of carboxylic acids is 1. The Morgan fingerprint density at radius 1 is 1.24 bits per heavy atom. The summed E-state index contributed by atoms with van der Waals surface area (Å²) in [4.78, 5) is 16.1. The summed E-state index contributed by atoms with van der Waals surface area (Å²) in [6, 6.07) is 7.00. The van der Waals surface area contributed by atoms with Crippen molar-refractivity contribution < 1.29 is 19.4 Å². The van der Waals surface area contributed by atoms with Crippen molar-refractivity contribution in [3.8, 4) is 11.5 Å². The first-order valence-electron chi connectivity index (χ1n) is 6.20. The molecule has 21 heavy (non-hydrogen) atoms. The minimum atomic E-state index is -1.07. The van der Waals surface area contributed by atoms with E-state index in [0.717, 1.165) is 4.90 Å². The lowest BCUT2D eigenvalue weighted by atomic mass is 10.2. The molecule has 1 aliphatic heterocycles. The number of rotatable bonds is 3. The molecule has 3 rings (SSSR count). The highest BCUT2D eigenvalue weighted by Gasteiger charge is 2.14. The Labute approximate surface area is 124 Å². The number of carbonyl (C=O) groups is 1. The van der Waals surface area contributed by atoms with E-state index in [0.29, 0.717) is 29.7 Å². The Morgan fingerprint density at radius 3 is 2.76 bits per heavy atom. The second-order valence-electron chi connectivity index (χ2n) is 4.32. The number of nitrogens with zero attached hydrogens (tertiary/aromatic N) is 1. The number of fused-ring (bicyclic) bond motifs is 1. The molecule has 6 nitrogen and oxygen atoms in total. The highest BCUT2D eigenvalue weighted by molar-refractivity contribution is 7.99. The maximum Gasteiger partial charge on any atom is 0.337 e. The minimum Gasteiger partial charge on any atom is -0.486 e. The number of nitrogens with two attached hydrogens (primary N) is 1. The largest absolute Gasteiger partial charge is 0.486 e. The summed E-state index contributed by atoms with van der Waals surface area (Å²) in [6.07, 6.45) is 1.35. The first-order valence-corrected chi connectivity index (χ1v) is 7.01. The van der Waals surface area contributed by atoms with Crippen LogP contribution >= 0.6 is 11.8 Å². The molecule has 2 aromatic rings. The van der Waals surface area contributed by atoms with Crippen LogP contribution in [0.5, 0.6) is 11.5 Å². The average molecular weight is 304 g/mol. The molecule has 2 heterocycles. The zero-order chi connectivity index (χ0) is 14.8. The van der Waals surface area contributed by atoms with Crippen molar-refractivity contribution >= 4 is 23.4 Å². The van der Waals surface area contributed by atoms with Gasteiger partial charge in [0.1, 0.15) is 18.2 Å². The molecule has 7 heteroatoms. The summed E-state index contributed by atoms with van der Waals surface area (Å²) >= 11 is 1.34. The molecule has 1 aromatic carbocycles. The number of hydrogen-bond donors (Lipinski definition) is 2. The molecule has 3 N–H and O–H groups in total. The van der Waals surface area contributed by atoms with Crippen LogP contribution in [-0.4, -0.2) is 29.3 Å². The van der Waals surface area contributed by atoms with Gasteiger partial charge in [-0.1, -0.05) is 11.8 Å². The minimum absolute atomic E-state index is 0.0463. The number of benzene rings is 1. The first-order chi connectivity index (χ1) is 10.1. The van der Waals surface area contributed by atoms with Crippen LogP contribution in [0.4, 0.5) is 5.69 Å². The lowest BCUT2D eigenvalue weighted by Gasteiger charge is -2.18. The van der Waals surface area contributed by atoms with E-state index in [1.54, 1.807) is 0 Å². The van der Waals surface area contributed by atoms with Gasteiger partial charge in [0.25, 0.3) is 0 Å². The molecule has 1 aromatic heterocycles. The van der Waals surface area contributed by atoms with Crippen LogP contribution in [0.25, 0.3) is 0 Å². The molecule has 0 atom stereocenters. The monoisotopic (exact) mass is 304 g/mol. The van der Waals surface area contributed by atoms with Gasteiger partial charge in [0.2, 0.25) is 0 Å². The number of nitrogen functional groups attached to an aromatic ring is 1. The molecule has 0 amide bonds. The lowest BCUT2D eigenvalue weighted by Crippen LogP contribution is -2.15. The second-order valence-corrected chi connectivity index (χ2v) is 5.42. The number of pyridine rings is 1. The van der Waals surface area contributed by atoms with Crippen molar-refractivity contribution in [2.45, 2.75) is 9.92 Å². The molecular weight excluding hydrogens is 292 g/mol. The van der Waals surface area contributed by atoms with Crippen LogP contribution in [0.2, 0.25) is 0 Å². The van der Waals surface area contributed by atoms with Crippen molar-refractivity contribution in [2.75, 3.05) is 18.9 Å². The number of aromatic nitrogens is 1. The molecule has 0 saturated carbocycles. The third kappa shape index (κ3) is 2.87. The van der Waals surface area contributed by atoms with Gasteiger partial charge in [0.15, 0.2) is 11.5 Å². The van der Waals surface area contributed by atoms with Crippen molar-refractivity contribution in [1.82, 2.24) is 4.98 Å². The highest BCUT2D eigenvalue weighted by Crippen LogP contribution is 2.36. The summed E-state index contributed by atoms with van der Waals surface area (Å²) in [5.74, 6) is 0.321. The number of ether oxygens (including phenoxy) is 2. The fraction of sp³-hybridized carbons (Fsp3) is 0.143. The van der Waals surface area contributed by atoms with E-state index in [4.69, 9.17) is 20.3 Å². The van der Waals surface area contributed by atoms with Gasteiger partial charge in [0, 0.05) is 4.90 Å². The maximum absolute atomic E-state index is 11.1. The molecule has 0 fully saturated rings. The smallest absolute Gasteiger partial charge is 0.337 e. The van der Waals surface area contributed by atoms with E-state index >= 15 is 0 Å². The highest BCUT2D eigenvalue weighted by atomic mass is 32.2. The fourth-order valence-electron chi connectivity index (χ4n) is 1.90. The number of aromatic carboxylic acids is 1. The summed E-state index contributed by atoms with van der Waals surface area (Å²) in [5, 5.41) is 9.61. The quantitative estimate of drug-likeness (QED) is 0.898. The third-order valence-electron chi connectivity index (χ3n) is 2.88. The van der Waals surface area contributed by atoms with Gasteiger partial charge in [0.05, 0.1) is 17.4 Å². The molecule has 0 radical (unpaired) electrons. The maximum atomic E-state index is 11.1. The third-order valence-corrected chi connectivity index (χ3v) is 3.80. The van der Waals surface area contributed by atoms with Crippen LogP contribution in [-0.2, 0) is 0 Å². The summed E-state index contributed by atoms with van der Waals surface area (Å²) in [5.41, 5.74) is 5.78. The van der Waals surface area contributed by atoms with E-state index in [-0.39, 0.29) is 11.3 Å². The molecule has 0 spiro atoms. The molecule has 1 aliphatic rings. The van der Waals surface area contributed by atoms with E-state index in [9.17, 15) is 4.79 Å². The van der Waals surface area contributed by atoms with Crippen LogP contribution in [0.3, 0.4) is 0 Å². The Morgan fingerprint density at radius 2 is 2.00 bits per heavy atom. The lowest BCUT2D eigenvalue weighted by molar-refractivity contribution is 0.0697. The van der Waals surface area contributed by atoms with E-state index in [2.05, 4.69) is 4.98 Å². The topological polar surface area (TPSA) is 94.7 Å². The number of anilines is 1. The molecule has 0 unspecified atom stereocenters. The van der Waals surface area contributed by atoms with Crippen LogP contribution in [0.1, 0.15) is 10.4 Å². The van der Waals surface area contributed by atoms with Crippen molar-refractivity contribution in [3.63, 3.8) is 0 Å². The Kier molecular flexibility index (Phi) is 3.57. The SMILES string of the molecule is Nc1cnc(Sc2ccc3c(c2)OCCO3)cc1C(=O)O. The van der Waals surface area contributed by atoms with E-state index in [1.807, 2.05) is 18.2 Å². The number of carboxylic acid groups (broad SMARTS) is 1. The Hall–Kier alpha value is -2.41. The zero-order valence-corrected chi connectivity index (χ0v) is 11.7. The molecule has 0 saturated heterocycles. The first kappa shape index (κ1) is 13.6. The molecule has 0 bridgehead atoms. The normalized spacial score (nSPS) is 13.0. The van der Waals surface area contributed by atoms with Gasteiger partial charge >= 0.3 is 5.97 Å². The predicted octanol–water partition coefficient (Wildman–Crippen LogP) is 2.28. The van der Waals surface area contributed by atoms with Gasteiger partial charge in [-0.3, -0.25) is 0 Å². The van der Waals surface area contributed by atoms with E-state index in [1.165, 1.54) is 24.0 Å². The second kappa shape index (κ2) is 5.53. The van der Waals surface area contributed by atoms with Gasteiger partial charge in [-0.05, 0) is 24.3 Å². The molecule has 108 valence electrons. The van der Waals surface area contributed by atoms with Crippen LogP contribution in [0, 0.1) is 0 Å². The predicted molar refractivity (Wildman–Crippen MR) is 77.2 cm³/mol. The van der Waals surface area contributed by atoms with Gasteiger partial charge < -0.3 is 20.3 Å².